The first-order valence-electron chi connectivity index (χ1n) is 11.7. The van der Waals surface area contributed by atoms with Gasteiger partial charge in [-0.1, -0.05) is 42.0 Å². The largest absolute Gasteiger partial charge is 0.286 e. The van der Waals surface area contributed by atoms with Crippen LogP contribution in [0.25, 0.3) is 21.1 Å². The highest BCUT2D eigenvalue weighted by Gasteiger charge is 2.13. The molecule has 5 rings (SSSR count). The topological polar surface area (TPSA) is 54.8 Å². The van der Waals surface area contributed by atoms with Crippen LogP contribution in [0.1, 0.15) is 28.2 Å². The van der Waals surface area contributed by atoms with Crippen molar-refractivity contribution in [2.45, 2.75) is 33.5 Å². The predicted octanol–water partition coefficient (Wildman–Crippen LogP) is 6.48. The summed E-state index contributed by atoms with van der Waals surface area (Å²) in [6, 6.07) is 24.9. The van der Waals surface area contributed by atoms with Crippen molar-refractivity contribution in [1.82, 2.24) is 24.8 Å². The summed E-state index contributed by atoms with van der Waals surface area (Å²) in [5, 5.41) is 0.930. The van der Waals surface area contributed by atoms with Crippen molar-refractivity contribution in [3.05, 3.63) is 120 Å². The Hall–Kier alpha value is -3.74. The van der Waals surface area contributed by atoms with Crippen molar-refractivity contribution in [3.63, 3.8) is 0 Å². The lowest BCUT2D eigenvalue weighted by Crippen LogP contribution is -2.24. The molecule has 0 saturated carbocycles. The van der Waals surface area contributed by atoms with Crippen molar-refractivity contribution in [2.24, 2.45) is 0 Å². The average molecular weight is 478 g/mol. The molecule has 4 heterocycles. The molecule has 0 unspecified atom stereocenters. The van der Waals surface area contributed by atoms with Crippen LogP contribution in [0.2, 0.25) is 0 Å². The van der Waals surface area contributed by atoms with Crippen LogP contribution >= 0.6 is 11.3 Å². The molecule has 1 aromatic carbocycles. The monoisotopic (exact) mass is 477 g/mol. The van der Waals surface area contributed by atoms with E-state index in [0.29, 0.717) is 6.54 Å². The van der Waals surface area contributed by atoms with E-state index in [-0.39, 0.29) is 0 Å². The molecule has 0 aliphatic carbocycles. The first kappa shape index (κ1) is 23.0. The van der Waals surface area contributed by atoms with E-state index in [1.165, 1.54) is 16.7 Å². The smallest absolute Gasteiger partial charge is 0.142 e. The summed E-state index contributed by atoms with van der Waals surface area (Å²) in [4.78, 5) is 22.2. The molecule has 6 heteroatoms. The summed E-state index contributed by atoms with van der Waals surface area (Å²) in [5.74, 6) is 0. The van der Waals surface area contributed by atoms with E-state index in [2.05, 4.69) is 82.2 Å². The van der Waals surface area contributed by atoms with E-state index in [4.69, 9.17) is 4.98 Å². The van der Waals surface area contributed by atoms with Gasteiger partial charge < -0.3 is 0 Å². The fourth-order valence-electron chi connectivity index (χ4n) is 3.96. The minimum absolute atomic E-state index is 0.691. The molecule has 0 saturated heterocycles. The van der Waals surface area contributed by atoms with Crippen LogP contribution in [0.5, 0.6) is 0 Å². The molecule has 5 aromatic rings. The number of pyridine rings is 3. The molecule has 0 aliphatic rings. The number of aromatic nitrogens is 4. The number of thiazole rings is 1. The van der Waals surface area contributed by atoms with Gasteiger partial charge in [-0.15, -0.1) is 11.3 Å². The molecule has 0 fully saturated rings. The Labute approximate surface area is 210 Å². The first-order chi connectivity index (χ1) is 17.1. The molecule has 0 radical (unpaired) electrons. The lowest BCUT2D eigenvalue weighted by molar-refractivity contribution is 0.239. The highest BCUT2D eigenvalue weighted by molar-refractivity contribution is 7.18. The number of hydrogen-bond acceptors (Lipinski definition) is 6. The molecule has 0 bridgehead atoms. The molecular formula is C29H27N5S. The number of nitrogens with zero attached hydrogens (tertiary/aromatic N) is 5. The SMILES string of the molecule is Cc1ccc(-c2cnc(-c3cccc(CN(Cc4ccccn4)Cc4cc(C)ccn4)n3)s2)cc1. The van der Waals surface area contributed by atoms with Gasteiger partial charge in [-0.2, -0.15) is 0 Å². The van der Waals surface area contributed by atoms with Gasteiger partial charge in [0.25, 0.3) is 0 Å². The van der Waals surface area contributed by atoms with E-state index in [9.17, 15) is 0 Å². The van der Waals surface area contributed by atoms with Crippen LogP contribution < -0.4 is 0 Å². The maximum atomic E-state index is 4.97. The minimum atomic E-state index is 0.691. The number of hydrogen-bond donors (Lipinski definition) is 0. The van der Waals surface area contributed by atoms with E-state index in [0.717, 1.165) is 45.7 Å². The second kappa shape index (κ2) is 10.7. The van der Waals surface area contributed by atoms with Crippen LogP contribution in [0, 0.1) is 13.8 Å². The number of aryl methyl sites for hydroxylation is 2. The molecule has 0 amide bonds. The summed E-state index contributed by atoms with van der Waals surface area (Å²) >= 11 is 1.67. The van der Waals surface area contributed by atoms with Gasteiger partial charge in [-0.3, -0.25) is 14.9 Å². The van der Waals surface area contributed by atoms with Gasteiger partial charge in [0.05, 0.1) is 27.7 Å². The number of rotatable bonds is 8. The third-order valence-corrected chi connectivity index (χ3v) is 6.79. The molecule has 4 aromatic heterocycles. The maximum Gasteiger partial charge on any atom is 0.142 e. The summed E-state index contributed by atoms with van der Waals surface area (Å²) in [7, 11) is 0. The van der Waals surface area contributed by atoms with Gasteiger partial charge in [0.1, 0.15) is 5.01 Å². The van der Waals surface area contributed by atoms with E-state index >= 15 is 0 Å². The minimum Gasteiger partial charge on any atom is -0.286 e. The Morgan fingerprint density at radius 2 is 1.46 bits per heavy atom. The lowest BCUT2D eigenvalue weighted by Gasteiger charge is -2.21. The van der Waals surface area contributed by atoms with Crippen LogP contribution in [-0.4, -0.2) is 24.8 Å². The predicted molar refractivity (Wildman–Crippen MR) is 142 cm³/mol. The fraction of sp³-hybridized carbons (Fsp3) is 0.172. The van der Waals surface area contributed by atoms with Crippen molar-refractivity contribution in [3.8, 4) is 21.1 Å². The van der Waals surface area contributed by atoms with Crippen LogP contribution in [0.15, 0.2) is 91.4 Å². The fourth-order valence-corrected chi connectivity index (χ4v) is 4.85. The summed E-state index contributed by atoms with van der Waals surface area (Å²) in [6.07, 6.45) is 5.65. The Kier molecular flexibility index (Phi) is 7.02. The van der Waals surface area contributed by atoms with Gasteiger partial charge in [-0.25, -0.2) is 9.97 Å². The van der Waals surface area contributed by atoms with E-state index in [1.807, 2.05) is 42.9 Å². The molecule has 0 aliphatic heterocycles. The second-order valence-corrected chi connectivity index (χ2v) is 9.73. The molecule has 174 valence electrons. The van der Waals surface area contributed by atoms with Gasteiger partial charge in [0.2, 0.25) is 0 Å². The molecule has 5 nitrogen and oxygen atoms in total. The quantitative estimate of drug-likeness (QED) is 0.256. The van der Waals surface area contributed by atoms with Gasteiger partial charge in [0.15, 0.2) is 0 Å². The summed E-state index contributed by atoms with van der Waals surface area (Å²) in [5.41, 5.74) is 7.61. The molecule has 0 spiro atoms. The van der Waals surface area contributed by atoms with Crippen molar-refractivity contribution >= 4 is 11.3 Å². The Morgan fingerprint density at radius 1 is 0.686 bits per heavy atom. The standard InChI is InChI=1S/C29H27N5S/c1-21-9-11-23(12-10-21)28-17-32-29(35-28)27-8-5-7-25(33-27)19-34(18-24-6-3-4-14-30-24)20-26-16-22(2)13-15-31-26/h3-17H,18-20H2,1-2H3. The van der Waals surface area contributed by atoms with Crippen molar-refractivity contribution < 1.29 is 0 Å². The highest BCUT2D eigenvalue weighted by Crippen LogP contribution is 2.31. The van der Waals surface area contributed by atoms with E-state index < -0.39 is 0 Å². The van der Waals surface area contributed by atoms with Crippen molar-refractivity contribution in [2.75, 3.05) is 0 Å². The third kappa shape index (κ3) is 6.04. The second-order valence-electron chi connectivity index (χ2n) is 8.70. The average Bonchev–Trinajstić information content (AvgIpc) is 3.36. The normalized spacial score (nSPS) is 11.2. The van der Waals surface area contributed by atoms with E-state index in [1.54, 1.807) is 11.3 Å². The lowest BCUT2D eigenvalue weighted by atomic mass is 10.1. The van der Waals surface area contributed by atoms with Crippen LogP contribution in [0.4, 0.5) is 0 Å². The zero-order valence-corrected chi connectivity index (χ0v) is 20.7. The number of benzene rings is 1. The van der Waals surface area contributed by atoms with Crippen LogP contribution in [-0.2, 0) is 19.6 Å². The molecule has 0 atom stereocenters. The first-order valence-corrected chi connectivity index (χ1v) is 12.5. The Balaban J connectivity index is 1.37. The van der Waals surface area contributed by atoms with Crippen LogP contribution in [0.3, 0.4) is 0 Å². The summed E-state index contributed by atoms with van der Waals surface area (Å²) < 4.78 is 0. The molecule has 0 N–H and O–H groups in total. The maximum absolute atomic E-state index is 4.97. The highest BCUT2D eigenvalue weighted by atomic mass is 32.1. The Bertz CT molecular complexity index is 1400. The zero-order valence-electron chi connectivity index (χ0n) is 19.9. The molecular weight excluding hydrogens is 450 g/mol. The Morgan fingerprint density at radius 3 is 2.26 bits per heavy atom. The summed E-state index contributed by atoms with van der Waals surface area (Å²) in [6.45, 7) is 6.33. The molecule has 35 heavy (non-hydrogen) atoms. The third-order valence-electron chi connectivity index (χ3n) is 5.72. The van der Waals surface area contributed by atoms with Gasteiger partial charge in [0, 0.05) is 38.2 Å². The van der Waals surface area contributed by atoms with Crippen molar-refractivity contribution in [1.29, 1.82) is 0 Å². The van der Waals surface area contributed by atoms with Gasteiger partial charge in [-0.05, 0) is 61.4 Å². The zero-order chi connectivity index (χ0) is 24.0. The van der Waals surface area contributed by atoms with Gasteiger partial charge >= 0.3 is 0 Å².